The summed E-state index contributed by atoms with van der Waals surface area (Å²) in [5.41, 5.74) is 0.304. The first-order valence-electron chi connectivity index (χ1n) is 6.98. The van der Waals surface area contributed by atoms with Crippen LogP contribution in [0, 0.1) is 17.3 Å². The number of hydrogen-bond acceptors (Lipinski definition) is 1. The number of carbonyl (C=O) groups is 1. The van der Waals surface area contributed by atoms with E-state index in [1.807, 2.05) is 0 Å². The molecular weight excluding hydrogens is 196 g/mol. The molecule has 0 aromatic heterocycles. The van der Waals surface area contributed by atoms with E-state index < -0.39 is 0 Å². The summed E-state index contributed by atoms with van der Waals surface area (Å²) in [6.45, 7) is 8.94. The predicted molar refractivity (Wildman–Crippen MR) is 69.4 cm³/mol. The summed E-state index contributed by atoms with van der Waals surface area (Å²) in [4.78, 5) is 12.2. The molecule has 1 heteroatoms. The highest BCUT2D eigenvalue weighted by molar-refractivity contribution is 5.85. The predicted octanol–water partition coefficient (Wildman–Crippen LogP) is 4.60. The largest absolute Gasteiger partial charge is 0.299 e. The van der Waals surface area contributed by atoms with Crippen LogP contribution in [0.15, 0.2) is 0 Å². The Morgan fingerprint density at radius 3 is 2.31 bits per heavy atom. The number of hydrogen-bond donors (Lipinski definition) is 0. The molecule has 94 valence electrons. The van der Waals surface area contributed by atoms with E-state index >= 15 is 0 Å². The Morgan fingerprint density at radius 2 is 1.75 bits per heavy atom. The molecule has 1 rings (SSSR count). The Morgan fingerprint density at radius 1 is 1.12 bits per heavy atom. The minimum absolute atomic E-state index is 0.304. The molecule has 0 heterocycles. The molecule has 1 aliphatic rings. The summed E-state index contributed by atoms with van der Waals surface area (Å²) in [6.07, 6.45) is 8.31. The van der Waals surface area contributed by atoms with Gasteiger partial charge in [0.05, 0.1) is 0 Å². The van der Waals surface area contributed by atoms with Gasteiger partial charge in [-0.2, -0.15) is 0 Å². The van der Waals surface area contributed by atoms with Gasteiger partial charge in [0.25, 0.3) is 0 Å². The molecule has 1 nitrogen and oxygen atoms in total. The zero-order valence-electron chi connectivity index (χ0n) is 11.5. The lowest BCUT2D eigenvalue weighted by atomic mass is 9.83. The van der Waals surface area contributed by atoms with Gasteiger partial charge in [0.2, 0.25) is 0 Å². The zero-order chi connectivity index (χ0) is 12.2. The number of unbranched alkanes of at least 4 members (excludes halogenated alkanes) is 2. The number of ketones is 1. The van der Waals surface area contributed by atoms with Crippen molar-refractivity contribution < 1.29 is 4.79 Å². The molecule has 0 bridgehead atoms. The minimum Gasteiger partial charge on any atom is -0.299 e. The summed E-state index contributed by atoms with van der Waals surface area (Å²) >= 11 is 0. The van der Waals surface area contributed by atoms with Crippen molar-refractivity contribution in [3.63, 3.8) is 0 Å². The Bertz CT molecular complexity index is 224. The lowest BCUT2D eigenvalue weighted by Gasteiger charge is -2.22. The molecule has 1 saturated carbocycles. The second kappa shape index (κ2) is 5.84. The molecule has 0 aromatic carbocycles. The van der Waals surface area contributed by atoms with Crippen LogP contribution in [-0.4, -0.2) is 5.78 Å². The van der Waals surface area contributed by atoms with Crippen molar-refractivity contribution >= 4 is 5.78 Å². The molecule has 1 aliphatic carbocycles. The van der Waals surface area contributed by atoms with Crippen molar-refractivity contribution in [3.8, 4) is 0 Å². The van der Waals surface area contributed by atoms with Gasteiger partial charge in [-0.05, 0) is 31.1 Å². The van der Waals surface area contributed by atoms with Crippen molar-refractivity contribution in [2.75, 3.05) is 0 Å². The van der Waals surface area contributed by atoms with E-state index in [-0.39, 0.29) is 0 Å². The summed E-state index contributed by atoms with van der Waals surface area (Å²) in [7, 11) is 0. The standard InChI is InChI=1S/C15H28O/c1-5-6-7-8-12-9-10-13(14(12)16)11-15(2,3)4/h12-13H,5-11H2,1-4H3. The van der Waals surface area contributed by atoms with Gasteiger partial charge >= 0.3 is 0 Å². The molecule has 0 N–H and O–H groups in total. The first-order valence-corrected chi connectivity index (χ1v) is 6.98. The highest BCUT2D eigenvalue weighted by Crippen LogP contribution is 2.37. The highest BCUT2D eigenvalue weighted by Gasteiger charge is 2.35. The summed E-state index contributed by atoms with van der Waals surface area (Å²) in [5.74, 6) is 1.34. The summed E-state index contributed by atoms with van der Waals surface area (Å²) < 4.78 is 0. The van der Waals surface area contributed by atoms with Crippen LogP contribution in [0.1, 0.15) is 72.6 Å². The van der Waals surface area contributed by atoms with Crippen molar-refractivity contribution in [2.45, 2.75) is 72.6 Å². The quantitative estimate of drug-likeness (QED) is 0.624. The molecule has 16 heavy (non-hydrogen) atoms. The topological polar surface area (TPSA) is 17.1 Å². The van der Waals surface area contributed by atoms with Crippen LogP contribution in [0.5, 0.6) is 0 Å². The van der Waals surface area contributed by atoms with E-state index in [0.29, 0.717) is 23.0 Å². The van der Waals surface area contributed by atoms with Gasteiger partial charge in [-0.25, -0.2) is 0 Å². The van der Waals surface area contributed by atoms with Crippen molar-refractivity contribution in [1.29, 1.82) is 0 Å². The average molecular weight is 224 g/mol. The molecule has 2 unspecified atom stereocenters. The van der Waals surface area contributed by atoms with Gasteiger partial charge in [0.15, 0.2) is 0 Å². The van der Waals surface area contributed by atoms with E-state index in [1.165, 1.54) is 19.3 Å². The van der Waals surface area contributed by atoms with Gasteiger partial charge in [0.1, 0.15) is 5.78 Å². The molecule has 0 spiro atoms. The SMILES string of the molecule is CCCCCC1CCC(CC(C)(C)C)C1=O. The van der Waals surface area contributed by atoms with Gasteiger partial charge in [-0.15, -0.1) is 0 Å². The van der Waals surface area contributed by atoms with Crippen LogP contribution >= 0.6 is 0 Å². The van der Waals surface area contributed by atoms with E-state index in [4.69, 9.17) is 0 Å². The second-order valence-electron chi connectivity index (χ2n) is 6.63. The van der Waals surface area contributed by atoms with Crippen molar-refractivity contribution in [1.82, 2.24) is 0 Å². The van der Waals surface area contributed by atoms with E-state index in [9.17, 15) is 4.79 Å². The minimum atomic E-state index is 0.304. The van der Waals surface area contributed by atoms with Crippen LogP contribution in [0.2, 0.25) is 0 Å². The van der Waals surface area contributed by atoms with E-state index in [2.05, 4.69) is 27.7 Å². The fraction of sp³-hybridized carbons (Fsp3) is 0.933. The Hall–Kier alpha value is -0.330. The van der Waals surface area contributed by atoms with Crippen LogP contribution < -0.4 is 0 Å². The maximum atomic E-state index is 12.2. The summed E-state index contributed by atoms with van der Waals surface area (Å²) in [6, 6.07) is 0. The van der Waals surface area contributed by atoms with Crippen LogP contribution in [0.3, 0.4) is 0 Å². The summed E-state index contributed by atoms with van der Waals surface area (Å²) in [5, 5.41) is 0. The third-order valence-corrected chi connectivity index (χ3v) is 3.68. The lowest BCUT2D eigenvalue weighted by molar-refractivity contribution is -0.124. The zero-order valence-corrected chi connectivity index (χ0v) is 11.5. The Labute approximate surface area is 101 Å². The Balaban J connectivity index is 2.36. The molecule has 0 aromatic rings. The van der Waals surface area contributed by atoms with Crippen LogP contribution in [-0.2, 0) is 4.79 Å². The van der Waals surface area contributed by atoms with Crippen molar-refractivity contribution in [3.05, 3.63) is 0 Å². The smallest absolute Gasteiger partial charge is 0.139 e. The molecule has 0 radical (unpaired) electrons. The monoisotopic (exact) mass is 224 g/mol. The van der Waals surface area contributed by atoms with Crippen LogP contribution in [0.4, 0.5) is 0 Å². The van der Waals surface area contributed by atoms with Crippen LogP contribution in [0.25, 0.3) is 0 Å². The average Bonchev–Trinajstić information content (AvgIpc) is 2.48. The second-order valence-corrected chi connectivity index (χ2v) is 6.63. The number of carbonyl (C=O) groups excluding carboxylic acids is 1. The number of Topliss-reactive ketones (excluding diaryl/α,β-unsaturated/α-hetero) is 1. The fourth-order valence-corrected chi connectivity index (χ4v) is 2.89. The molecule has 0 amide bonds. The van der Waals surface area contributed by atoms with Gasteiger partial charge < -0.3 is 0 Å². The van der Waals surface area contributed by atoms with Crippen molar-refractivity contribution in [2.24, 2.45) is 17.3 Å². The molecular formula is C15H28O. The third kappa shape index (κ3) is 4.27. The first kappa shape index (κ1) is 13.7. The molecule has 0 aliphatic heterocycles. The molecule has 2 atom stereocenters. The first-order chi connectivity index (χ1) is 7.44. The van der Waals surface area contributed by atoms with E-state index in [0.717, 1.165) is 25.7 Å². The van der Waals surface area contributed by atoms with Gasteiger partial charge in [-0.1, -0.05) is 47.0 Å². The normalized spacial score (nSPS) is 26.4. The maximum Gasteiger partial charge on any atom is 0.139 e. The van der Waals surface area contributed by atoms with E-state index in [1.54, 1.807) is 0 Å². The highest BCUT2D eigenvalue weighted by atomic mass is 16.1. The fourth-order valence-electron chi connectivity index (χ4n) is 2.89. The third-order valence-electron chi connectivity index (χ3n) is 3.68. The van der Waals surface area contributed by atoms with Gasteiger partial charge in [-0.3, -0.25) is 4.79 Å². The maximum absolute atomic E-state index is 12.2. The lowest BCUT2D eigenvalue weighted by Crippen LogP contribution is -2.19. The molecule has 1 fully saturated rings. The molecule has 0 saturated heterocycles. The number of rotatable bonds is 5. The Kier molecular flexibility index (Phi) is 5.01. The van der Waals surface area contributed by atoms with Gasteiger partial charge in [0, 0.05) is 11.8 Å².